The molecule has 0 bridgehead atoms. The molecule has 2 aliphatic rings. The first-order chi connectivity index (χ1) is 8.38. The standard InChI is InChI=1S/C15H22N2/c1-2-16-14-8-5-9-15(14)17-10-12-6-3-4-7-13(12)11-17/h3-4,6-7,14-16H,2,5,8-11H2,1H3. The Kier molecular flexibility index (Phi) is 3.17. The third-order valence-corrected chi connectivity index (χ3v) is 4.28. The lowest BCUT2D eigenvalue weighted by atomic mass is 10.1. The number of hydrogen-bond donors (Lipinski definition) is 1. The fourth-order valence-electron chi connectivity index (χ4n) is 3.47. The molecule has 0 amide bonds. The van der Waals surface area contributed by atoms with Crippen molar-refractivity contribution in [1.82, 2.24) is 10.2 Å². The third-order valence-electron chi connectivity index (χ3n) is 4.28. The molecule has 2 heteroatoms. The predicted octanol–water partition coefficient (Wildman–Crippen LogP) is 2.53. The molecule has 1 saturated carbocycles. The first-order valence-corrected chi connectivity index (χ1v) is 6.92. The topological polar surface area (TPSA) is 15.3 Å². The minimum Gasteiger partial charge on any atom is -0.313 e. The molecular weight excluding hydrogens is 208 g/mol. The van der Waals surface area contributed by atoms with Crippen LogP contribution in [0, 0.1) is 0 Å². The molecule has 1 N–H and O–H groups in total. The van der Waals surface area contributed by atoms with Crippen molar-refractivity contribution in [2.24, 2.45) is 0 Å². The Hall–Kier alpha value is -0.860. The van der Waals surface area contributed by atoms with Crippen molar-refractivity contribution in [1.29, 1.82) is 0 Å². The summed E-state index contributed by atoms with van der Waals surface area (Å²) in [6, 6.07) is 10.4. The molecule has 0 saturated heterocycles. The van der Waals surface area contributed by atoms with Crippen molar-refractivity contribution in [3.05, 3.63) is 35.4 Å². The van der Waals surface area contributed by atoms with Crippen LogP contribution < -0.4 is 5.32 Å². The van der Waals surface area contributed by atoms with Crippen LogP contribution in [0.5, 0.6) is 0 Å². The van der Waals surface area contributed by atoms with E-state index in [-0.39, 0.29) is 0 Å². The molecule has 1 aromatic rings. The van der Waals surface area contributed by atoms with Gasteiger partial charge < -0.3 is 5.32 Å². The highest BCUT2D eigenvalue weighted by atomic mass is 15.2. The smallest absolute Gasteiger partial charge is 0.0256 e. The van der Waals surface area contributed by atoms with Crippen molar-refractivity contribution in [2.75, 3.05) is 6.54 Å². The van der Waals surface area contributed by atoms with E-state index in [9.17, 15) is 0 Å². The van der Waals surface area contributed by atoms with Gasteiger partial charge in [0.1, 0.15) is 0 Å². The number of hydrogen-bond acceptors (Lipinski definition) is 2. The molecule has 2 atom stereocenters. The van der Waals surface area contributed by atoms with Gasteiger partial charge in [-0.15, -0.1) is 0 Å². The molecule has 1 aromatic carbocycles. The number of rotatable bonds is 3. The first-order valence-electron chi connectivity index (χ1n) is 6.92. The van der Waals surface area contributed by atoms with Crippen LogP contribution in [0.1, 0.15) is 37.3 Å². The minimum absolute atomic E-state index is 0.717. The summed E-state index contributed by atoms with van der Waals surface area (Å²) in [5.74, 6) is 0. The van der Waals surface area contributed by atoms with Crippen LogP contribution in [-0.4, -0.2) is 23.5 Å². The fraction of sp³-hybridized carbons (Fsp3) is 0.600. The van der Waals surface area contributed by atoms with Crippen LogP contribution in [0.25, 0.3) is 0 Å². The van der Waals surface area contributed by atoms with Gasteiger partial charge in [0.05, 0.1) is 0 Å². The van der Waals surface area contributed by atoms with Gasteiger partial charge in [0.2, 0.25) is 0 Å². The van der Waals surface area contributed by atoms with Gasteiger partial charge in [-0.3, -0.25) is 4.90 Å². The van der Waals surface area contributed by atoms with Crippen molar-refractivity contribution in [2.45, 2.75) is 51.4 Å². The quantitative estimate of drug-likeness (QED) is 0.858. The van der Waals surface area contributed by atoms with E-state index in [0.29, 0.717) is 6.04 Å². The van der Waals surface area contributed by atoms with Crippen LogP contribution >= 0.6 is 0 Å². The zero-order valence-corrected chi connectivity index (χ0v) is 10.7. The molecule has 0 radical (unpaired) electrons. The summed E-state index contributed by atoms with van der Waals surface area (Å²) in [4.78, 5) is 2.67. The van der Waals surface area contributed by atoms with Crippen LogP contribution in [0.15, 0.2) is 24.3 Å². The zero-order chi connectivity index (χ0) is 11.7. The highest BCUT2D eigenvalue weighted by molar-refractivity contribution is 5.30. The monoisotopic (exact) mass is 230 g/mol. The molecular formula is C15H22N2. The Labute approximate surface area is 104 Å². The van der Waals surface area contributed by atoms with Crippen molar-refractivity contribution < 1.29 is 0 Å². The number of nitrogens with zero attached hydrogens (tertiary/aromatic N) is 1. The summed E-state index contributed by atoms with van der Waals surface area (Å²) in [7, 11) is 0. The summed E-state index contributed by atoms with van der Waals surface area (Å²) >= 11 is 0. The zero-order valence-electron chi connectivity index (χ0n) is 10.7. The van der Waals surface area contributed by atoms with E-state index in [1.54, 1.807) is 0 Å². The molecule has 0 spiro atoms. The molecule has 92 valence electrons. The van der Waals surface area contributed by atoms with Gasteiger partial charge in [0.15, 0.2) is 0 Å². The van der Waals surface area contributed by atoms with E-state index in [0.717, 1.165) is 25.7 Å². The van der Waals surface area contributed by atoms with Crippen LogP contribution in [0.4, 0.5) is 0 Å². The Morgan fingerprint density at radius 2 is 1.88 bits per heavy atom. The van der Waals surface area contributed by atoms with Gasteiger partial charge in [-0.2, -0.15) is 0 Å². The summed E-state index contributed by atoms with van der Waals surface area (Å²) in [5.41, 5.74) is 3.07. The molecule has 1 aliphatic heterocycles. The van der Waals surface area contributed by atoms with E-state index in [1.807, 2.05) is 0 Å². The normalized spacial score (nSPS) is 28.5. The highest BCUT2D eigenvalue weighted by Gasteiger charge is 2.34. The van der Waals surface area contributed by atoms with Gasteiger partial charge in [0.25, 0.3) is 0 Å². The number of fused-ring (bicyclic) bond motifs is 1. The van der Waals surface area contributed by atoms with Crippen LogP contribution in [0.3, 0.4) is 0 Å². The summed E-state index contributed by atoms with van der Waals surface area (Å²) in [6.07, 6.45) is 4.10. The molecule has 17 heavy (non-hydrogen) atoms. The van der Waals surface area contributed by atoms with Gasteiger partial charge in [-0.05, 0) is 30.5 Å². The van der Waals surface area contributed by atoms with E-state index >= 15 is 0 Å². The second-order valence-corrected chi connectivity index (χ2v) is 5.34. The third kappa shape index (κ3) is 2.12. The maximum Gasteiger partial charge on any atom is 0.0256 e. The van der Waals surface area contributed by atoms with Gasteiger partial charge in [-0.25, -0.2) is 0 Å². The van der Waals surface area contributed by atoms with Crippen molar-refractivity contribution in [3.8, 4) is 0 Å². The van der Waals surface area contributed by atoms with Gasteiger partial charge >= 0.3 is 0 Å². The number of likely N-dealkylation sites (N-methyl/N-ethyl adjacent to an activating group) is 1. The second kappa shape index (κ2) is 4.79. The van der Waals surface area contributed by atoms with E-state index in [4.69, 9.17) is 0 Å². The minimum atomic E-state index is 0.717. The number of benzene rings is 1. The van der Waals surface area contributed by atoms with E-state index in [1.165, 1.54) is 30.4 Å². The first kappa shape index (κ1) is 11.2. The maximum atomic E-state index is 3.66. The molecule has 3 rings (SSSR count). The lowest BCUT2D eigenvalue weighted by molar-refractivity contribution is 0.174. The average molecular weight is 230 g/mol. The van der Waals surface area contributed by atoms with E-state index < -0.39 is 0 Å². The second-order valence-electron chi connectivity index (χ2n) is 5.34. The van der Waals surface area contributed by atoms with Crippen molar-refractivity contribution in [3.63, 3.8) is 0 Å². The Balaban J connectivity index is 1.71. The van der Waals surface area contributed by atoms with Gasteiger partial charge in [-0.1, -0.05) is 37.6 Å². The molecule has 2 nitrogen and oxygen atoms in total. The van der Waals surface area contributed by atoms with Crippen LogP contribution in [-0.2, 0) is 13.1 Å². The molecule has 0 aromatic heterocycles. The molecule has 1 aliphatic carbocycles. The van der Waals surface area contributed by atoms with Gasteiger partial charge in [0, 0.05) is 25.2 Å². The van der Waals surface area contributed by atoms with E-state index in [2.05, 4.69) is 41.4 Å². The lowest BCUT2D eigenvalue weighted by Gasteiger charge is -2.29. The fourth-order valence-corrected chi connectivity index (χ4v) is 3.47. The Bertz CT molecular complexity index is 363. The Morgan fingerprint density at radius 1 is 1.18 bits per heavy atom. The highest BCUT2D eigenvalue weighted by Crippen LogP contribution is 2.31. The largest absolute Gasteiger partial charge is 0.313 e. The Morgan fingerprint density at radius 3 is 2.53 bits per heavy atom. The average Bonchev–Trinajstić information content (AvgIpc) is 2.94. The summed E-state index contributed by atoms with van der Waals surface area (Å²) in [6.45, 7) is 5.63. The summed E-state index contributed by atoms with van der Waals surface area (Å²) in [5, 5.41) is 3.66. The molecule has 1 heterocycles. The number of nitrogens with one attached hydrogen (secondary N) is 1. The maximum absolute atomic E-state index is 3.66. The SMILES string of the molecule is CCNC1CCCC1N1Cc2ccccc2C1. The summed E-state index contributed by atoms with van der Waals surface area (Å²) < 4.78 is 0. The predicted molar refractivity (Wildman–Crippen MR) is 70.8 cm³/mol. The van der Waals surface area contributed by atoms with Crippen molar-refractivity contribution >= 4 is 0 Å². The molecule has 2 unspecified atom stereocenters. The van der Waals surface area contributed by atoms with Crippen LogP contribution in [0.2, 0.25) is 0 Å². The molecule has 1 fully saturated rings. The lowest BCUT2D eigenvalue weighted by Crippen LogP contribution is -2.44.